The summed E-state index contributed by atoms with van der Waals surface area (Å²) in [6, 6.07) is 8.07. The zero-order valence-corrected chi connectivity index (χ0v) is 11.6. The van der Waals surface area contributed by atoms with Crippen molar-refractivity contribution in [3.8, 4) is 0 Å². The molecule has 0 saturated heterocycles. The van der Waals surface area contributed by atoms with Gasteiger partial charge in [0, 0.05) is 11.6 Å². The second kappa shape index (κ2) is 5.60. The Morgan fingerprint density at radius 2 is 1.65 bits per heavy atom. The molecule has 0 aliphatic carbocycles. The molecule has 0 radical (unpaired) electrons. The first-order chi connectivity index (χ1) is 11.0. The third kappa shape index (κ3) is 2.57. The molecular weight excluding hydrogens is 307 g/mol. The van der Waals surface area contributed by atoms with Crippen LogP contribution in [0.5, 0.6) is 0 Å². The molecular formula is C16H10F3N3O. The minimum Gasteiger partial charge on any atom is -0.366 e. The number of nitrogens with zero attached hydrogens (tertiary/aromatic N) is 1. The van der Waals surface area contributed by atoms with E-state index in [9.17, 15) is 18.0 Å². The first-order valence-corrected chi connectivity index (χ1v) is 6.57. The molecule has 0 unspecified atom stereocenters. The second-order valence-corrected chi connectivity index (χ2v) is 4.77. The van der Waals surface area contributed by atoms with Gasteiger partial charge in [0.1, 0.15) is 17.3 Å². The van der Waals surface area contributed by atoms with Crippen molar-refractivity contribution in [2.45, 2.75) is 0 Å². The number of carbonyl (C=O) groups excluding carboxylic acids is 1. The summed E-state index contributed by atoms with van der Waals surface area (Å²) in [6.45, 7) is 0. The lowest BCUT2D eigenvalue weighted by molar-refractivity contribution is 0.100. The first-order valence-electron chi connectivity index (χ1n) is 6.57. The van der Waals surface area contributed by atoms with E-state index in [1.165, 1.54) is 6.20 Å². The maximum absolute atomic E-state index is 13.8. The number of hydrogen-bond acceptors (Lipinski definition) is 3. The summed E-state index contributed by atoms with van der Waals surface area (Å²) in [7, 11) is 0. The van der Waals surface area contributed by atoms with Crippen LogP contribution in [0.4, 0.5) is 24.7 Å². The Bertz CT molecular complexity index is 928. The van der Waals surface area contributed by atoms with Gasteiger partial charge in [-0.1, -0.05) is 24.3 Å². The second-order valence-electron chi connectivity index (χ2n) is 4.77. The van der Waals surface area contributed by atoms with Crippen LogP contribution in [0.2, 0.25) is 0 Å². The summed E-state index contributed by atoms with van der Waals surface area (Å²) < 4.78 is 40.8. The Balaban J connectivity index is 2.18. The SMILES string of the molecule is NC(=O)c1cnc(Nc2c(F)ccc(F)c2F)c2ccccc12. The van der Waals surface area contributed by atoms with Gasteiger partial charge in [0.25, 0.3) is 5.91 Å². The quantitative estimate of drug-likeness (QED) is 0.727. The highest BCUT2D eigenvalue weighted by Crippen LogP contribution is 2.29. The summed E-state index contributed by atoms with van der Waals surface area (Å²) >= 11 is 0. The first kappa shape index (κ1) is 14.8. The van der Waals surface area contributed by atoms with Crippen LogP contribution in [0.1, 0.15) is 10.4 Å². The van der Waals surface area contributed by atoms with Gasteiger partial charge >= 0.3 is 0 Å². The van der Waals surface area contributed by atoms with Gasteiger partial charge in [-0.2, -0.15) is 0 Å². The molecule has 0 atom stereocenters. The normalized spacial score (nSPS) is 10.7. The number of aromatic nitrogens is 1. The molecule has 1 heterocycles. The molecule has 3 rings (SSSR count). The van der Waals surface area contributed by atoms with E-state index in [0.29, 0.717) is 16.8 Å². The Labute approximate surface area is 128 Å². The number of benzene rings is 2. The van der Waals surface area contributed by atoms with Crippen molar-refractivity contribution < 1.29 is 18.0 Å². The van der Waals surface area contributed by atoms with E-state index < -0.39 is 29.0 Å². The molecule has 0 fully saturated rings. The van der Waals surface area contributed by atoms with E-state index in [0.717, 1.165) is 6.07 Å². The lowest BCUT2D eigenvalue weighted by atomic mass is 10.1. The van der Waals surface area contributed by atoms with Gasteiger partial charge in [-0.15, -0.1) is 0 Å². The summed E-state index contributed by atoms with van der Waals surface area (Å²) in [5, 5.41) is 3.33. The number of hydrogen-bond donors (Lipinski definition) is 2. The molecule has 116 valence electrons. The molecule has 0 saturated carbocycles. The van der Waals surface area contributed by atoms with Crippen molar-refractivity contribution in [1.82, 2.24) is 4.98 Å². The smallest absolute Gasteiger partial charge is 0.250 e. The van der Waals surface area contributed by atoms with Gasteiger partial charge < -0.3 is 11.1 Å². The number of rotatable bonds is 3. The molecule has 3 N–H and O–H groups in total. The molecule has 1 aromatic heterocycles. The number of primary amides is 1. The molecule has 0 aliphatic heterocycles. The van der Waals surface area contributed by atoms with Crippen molar-refractivity contribution in [1.29, 1.82) is 0 Å². The number of nitrogens with one attached hydrogen (secondary N) is 1. The molecule has 3 aromatic rings. The highest BCUT2D eigenvalue weighted by Gasteiger charge is 2.17. The fraction of sp³-hybridized carbons (Fsp3) is 0. The monoisotopic (exact) mass is 317 g/mol. The zero-order chi connectivity index (χ0) is 16.6. The maximum Gasteiger partial charge on any atom is 0.250 e. The summed E-state index contributed by atoms with van der Waals surface area (Å²) in [5.74, 6) is -4.10. The summed E-state index contributed by atoms with van der Waals surface area (Å²) in [6.07, 6.45) is 1.20. The highest BCUT2D eigenvalue weighted by atomic mass is 19.2. The number of amides is 1. The standard InChI is InChI=1S/C16H10F3N3O/c17-11-5-6-12(18)14(13(11)19)22-16-9-4-2-1-3-8(9)10(7-21-16)15(20)23/h1-7H,(H2,20,23)(H,21,22). The largest absolute Gasteiger partial charge is 0.366 e. The van der Waals surface area contributed by atoms with E-state index in [4.69, 9.17) is 5.73 Å². The number of pyridine rings is 1. The van der Waals surface area contributed by atoms with Gasteiger partial charge in [0.2, 0.25) is 0 Å². The molecule has 0 aliphatic rings. The molecule has 7 heteroatoms. The third-order valence-electron chi connectivity index (χ3n) is 3.35. The van der Waals surface area contributed by atoms with Crippen LogP contribution in [0.15, 0.2) is 42.6 Å². The Morgan fingerprint density at radius 3 is 2.35 bits per heavy atom. The van der Waals surface area contributed by atoms with Crippen LogP contribution in [0, 0.1) is 17.5 Å². The predicted molar refractivity (Wildman–Crippen MR) is 79.9 cm³/mol. The van der Waals surface area contributed by atoms with E-state index >= 15 is 0 Å². The van der Waals surface area contributed by atoms with Crippen LogP contribution < -0.4 is 11.1 Å². The van der Waals surface area contributed by atoms with Gasteiger partial charge in [-0.05, 0) is 17.5 Å². The van der Waals surface area contributed by atoms with Crippen molar-refractivity contribution in [2.24, 2.45) is 5.73 Å². The van der Waals surface area contributed by atoms with Crippen LogP contribution in [-0.4, -0.2) is 10.9 Å². The topological polar surface area (TPSA) is 68.0 Å². The molecule has 23 heavy (non-hydrogen) atoms. The summed E-state index contributed by atoms with van der Waals surface area (Å²) in [4.78, 5) is 15.4. The van der Waals surface area contributed by atoms with Gasteiger partial charge in [0.15, 0.2) is 11.6 Å². The minimum atomic E-state index is -1.35. The van der Waals surface area contributed by atoms with Crippen molar-refractivity contribution in [3.63, 3.8) is 0 Å². The average molecular weight is 317 g/mol. The molecule has 0 spiro atoms. The Kier molecular flexibility index (Phi) is 3.61. The van der Waals surface area contributed by atoms with Gasteiger partial charge in [-0.25, -0.2) is 18.2 Å². The van der Waals surface area contributed by atoms with E-state index in [2.05, 4.69) is 10.3 Å². The lowest BCUT2D eigenvalue weighted by Gasteiger charge is -2.12. The van der Waals surface area contributed by atoms with Crippen LogP contribution in [0.25, 0.3) is 10.8 Å². The van der Waals surface area contributed by atoms with E-state index in [-0.39, 0.29) is 11.4 Å². The number of anilines is 2. The van der Waals surface area contributed by atoms with Gasteiger partial charge in [-0.3, -0.25) is 4.79 Å². The number of fused-ring (bicyclic) bond motifs is 1. The van der Waals surface area contributed by atoms with E-state index in [1.807, 2.05) is 0 Å². The Morgan fingerprint density at radius 1 is 1.00 bits per heavy atom. The fourth-order valence-electron chi connectivity index (χ4n) is 2.25. The molecule has 4 nitrogen and oxygen atoms in total. The molecule has 0 bridgehead atoms. The predicted octanol–water partition coefficient (Wildman–Crippen LogP) is 3.49. The number of carbonyl (C=O) groups is 1. The highest BCUT2D eigenvalue weighted by molar-refractivity contribution is 6.08. The van der Waals surface area contributed by atoms with Crippen molar-refractivity contribution >= 4 is 28.2 Å². The van der Waals surface area contributed by atoms with Crippen molar-refractivity contribution in [3.05, 3.63) is 65.6 Å². The number of halogens is 3. The van der Waals surface area contributed by atoms with Crippen molar-refractivity contribution in [2.75, 3.05) is 5.32 Å². The van der Waals surface area contributed by atoms with E-state index in [1.54, 1.807) is 24.3 Å². The van der Waals surface area contributed by atoms with Gasteiger partial charge in [0.05, 0.1) is 5.56 Å². The number of nitrogens with two attached hydrogens (primary N) is 1. The van der Waals surface area contributed by atoms with Crippen LogP contribution >= 0.6 is 0 Å². The maximum atomic E-state index is 13.8. The van der Waals surface area contributed by atoms with Crippen LogP contribution in [-0.2, 0) is 0 Å². The zero-order valence-electron chi connectivity index (χ0n) is 11.6. The van der Waals surface area contributed by atoms with Crippen LogP contribution in [0.3, 0.4) is 0 Å². The molecule has 2 aromatic carbocycles. The average Bonchev–Trinajstić information content (AvgIpc) is 2.55. The lowest BCUT2D eigenvalue weighted by Crippen LogP contribution is -2.12. The summed E-state index contributed by atoms with van der Waals surface area (Å²) in [5.41, 5.74) is 4.80. The fourth-order valence-corrected chi connectivity index (χ4v) is 2.25. The molecule has 1 amide bonds. The minimum absolute atomic E-state index is 0.0778. The third-order valence-corrected chi connectivity index (χ3v) is 3.35. The Hall–Kier alpha value is -3.09.